The molecule has 1 radical (unpaired) electrons. The second-order valence-corrected chi connectivity index (χ2v) is 2.85. The van der Waals surface area contributed by atoms with Crippen LogP contribution in [0.4, 0.5) is 0 Å². The van der Waals surface area contributed by atoms with Gasteiger partial charge in [-0.3, -0.25) is 4.81 Å². The highest BCUT2D eigenvalue weighted by Crippen LogP contribution is 1.93. The monoisotopic (exact) mass is 113 g/mol. The minimum Gasteiger partial charge on any atom is -0.254 e. The van der Waals surface area contributed by atoms with Crippen LogP contribution in [0.3, 0.4) is 0 Å². The fourth-order valence-corrected chi connectivity index (χ4v) is 0.596. The predicted octanol–water partition coefficient (Wildman–Crippen LogP) is 0.491. The van der Waals surface area contributed by atoms with E-state index in [1.54, 1.807) is 0 Å². The summed E-state index contributed by atoms with van der Waals surface area (Å²) in [5, 5.41) is 0. The molecule has 0 spiro atoms. The molecule has 0 aliphatic carbocycles. The van der Waals surface area contributed by atoms with Gasteiger partial charge in [-0.05, 0) is 27.7 Å². The molecular weight excluding hydrogens is 96.9 g/mol. The Balaban J connectivity index is 3.46. The van der Waals surface area contributed by atoms with E-state index in [0.29, 0.717) is 12.1 Å². The molecule has 2 heteroatoms. The van der Waals surface area contributed by atoms with Gasteiger partial charge in [0.2, 0.25) is 0 Å². The lowest BCUT2D eigenvalue weighted by atomic mass is 10.1. The third-order valence-corrected chi connectivity index (χ3v) is 1.63. The zero-order chi connectivity index (χ0) is 6.73. The highest BCUT2D eigenvalue weighted by Gasteiger charge is 2.14. The Labute approximate surface area is 53.5 Å². The van der Waals surface area contributed by atoms with Crippen LogP contribution in [-0.2, 0) is 0 Å². The fourth-order valence-electron chi connectivity index (χ4n) is 0.596. The second kappa shape index (κ2) is 3.13. The maximum Gasteiger partial charge on any atom is 0.420 e. The van der Waals surface area contributed by atoms with E-state index in [-0.39, 0.29) is 0 Å². The first-order valence-corrected chi connectivity index (χ1v) is 3.27. The molecule has 0 aliphatic rings. The fraction of sp³-hybridized carbons (Fsp3) is 1.00. The third kappa shape index (κ3) is 2.36. The number of hydrogen-bond donors (Lipinski definition) is 0. The van der Waals surface area contributed by atoms with Crippen LogP contribution >= 0.6 is 0 Å². The Bertz CT molecular complexity index is 53.5. The lowest BCUT2D eigenvalue weighted by molar-refractivity contribution is 0.438. The highest BCUT2D eigenvalue weighted by atomic mass is 15.1. The van der Waals surface area contributed by atoms with E-state index in [4.69, 9.17) is 0 Å². The summed E-state index contributed by atoms with van der Waals surface area (Å²) in [4.78, 5) is 2.33. The molecular formula is C6H16BN+. The summed E-state index contributed by atoms with van der Waals surface area (Å²) < 4.78 is 0. The van der Waals surface area contributed by atoms with Crippen LogP contribution in [0.1, 0.15) is 27.7 Å². The lowest BCUT2D eigenvalue weighted by Gasteiger charge is -2.15. The van der Waals surface area contributed by atoms with Crippen LogP contribution in [0.5, 0.6) is 0 Å². The second-order valence-electron chi connectivity index (χ2n) is 2.85. The molecule has 0 saturated heterocycles. The molecule has 0 aromatic heterocycles. The standard InChI is InChI=1S/C6H16BN/c1-5(2)8(7)6(3)4/h5-6H,7H2,1-4H3/q+1. The number of hydrogen-bond acceptors (Lipinski definition) is 1. The molecule has 0 saturated carbocycles. The van der Waals surface area contributed by atoms with E-state index in [9.17, 15) is 0 Å². The Hall–Kier alpha value is 0.0249. The third-order valence-electron chi connectivity index (χ3n) is 1.63. The Morgan fingerprint density at radius 2 is 1.25 bits per heavy atom. The normalized spacial score (nSPS) is 11.9. The van der Waals surface area contributed by atoms with Crippen LogP contribution < -0.4 is 4.81 Å². The maximum absolute atomic E-state index is 2.33. The van der Waals surface area contributed by atoms with Crippen molar-refractivity contribution in [2.75, 3.05) is 0 Å². The molecule has 0 fully saturated rings. The van der Waals surface area contributed by atoms with Gasteiger partial charge in [-0.15, -0.1) is 0 Å². The van der Waals surface area contributed by atoms with Crippen molar-refractivity contribution < 1.29 is 0 Å². The Kier molecular flexibility index (Phi) is 3.14. The quantitative estimate of drug-likeness (QED) is 0.459. The molecule has 0 amide bonds. The van der Waals surface area contributed by atoms with Gasteiger partial charge in [0.25, 0.3) is 0 Å². The predicted molar refractivity (Wildman–Crippen MR) is 41.0 cm³/mol. The highest BCUT2D eigenvalue weighted by molar-refractivity contribution is 6.07. The van der Waals surface area contributed by atoms with Crippen LogP contribution in [0.25, 0.3) is 0 Å². The molecule has 0 rings (SSSR count). The largest absolute Gasteiger partial charge is 0.420 e. The van der Waals surface area contributed by atoms with Crippen molar-refractivity contribution in [1.29, 1.82) is 0 Å². The van der Waals surface area contributed by atoms with Crippen LogP contribution in [0, 0.1) is 0 Å². The van der Waals surface area contributed by atoms with E-state index < -0.39 is 0 Å². The average molecular weight is 113 g/mol. The Morgan fingerprint density at radius 1 is 1.00 bits per heavy atom. The van der Waals surface area contributed by atoms with Crippen LogP contribution in [0.15, 0.2) is 0 Å². The van der Waals surface area contributed by atoms with E-state index in [1.165, 1.54) is 0 Å². The topological polar surface area (TPSA) is 5.90 Å². The van der Waals surface area contributed by atoms with Gasteiger partial charge in [0.05, 0.1) is 0 Å². The molecule has 0 atom stereocenters. The number of nitrogens with zero attached hydrogens (tertiary/aromatic N) is 1. The molecule has 0 aromatic carbocycles. The maximum atomic E-state index is 2.33. The van der Waals surface area contributed by atoms with Crippen LogP contribution in [0.2, 0.25) is 0 Å². The average Bonchev–Trinajstić information content (AvgIpc) is 1.64. The summed E-state index contributed by atoms with van der Waals surface area (Å²) in [6, 6.07) is 1.35. The number of rotatable bonds is 2. The van der Waals surface area contributed by atoms with Gasteiger partial charge in [0.1, 0.15) is 12.1 Å². The SMILES string of the molecule is B[N+](C(C)C)C(C)C. The minimum absolute atomic E-state index is 0.676. The van der Waals surface area contributed by atoms with Crippen molar-refractivity contribution in [1.82, 2.24) is 4.81 Å². The molecule has 8 heavy (non-hydrogen) atoms. The summed E-state index contributed by atoms with van der Waals surface area (Å²) in [6.07, 6.45) is 0. The zero-order valence-corrected chi connectivity index (χ0v) is 6.60. The molecule has 47 valence electrons. The van der Waals surface area contributed by atoms with Gasteiger partial charge in [-0.1, -0.05) is 0 Å². The van der Waals surface area contributed by atoms with E-state index in [1.807, 2.05) is 0 Å². The van der Waals surface area contributed by atoms with Gasteiger partial charge < -0.3 is 0 Å². The van der Waals surface area contributed by atoms with Gasteiger partial charge in [0, 0.05) is 0 Å². The molecule has 1 nitrogen and oxygen atoms in total. The van der Waals surface area contributed by atoms with Crippen LogP contribution in [-0.4, -0.2) is 20.1 Å². The summed E-state index contributed by atoms with van der Waals surface area (Å²) in [5.41, 5.74) is 0. The van der Waals surface area contributed by atoms with Gasteiger partial charge >= 0.3 is 7.98 Å². The van der Waals surface area contributed by atoms with E-state index >= 15 is 0 Å². The van der Waals surface area contributed by atoms with Crippen molar-refractivity contribution in [3.8, 4) is 0 Å². The van der Waals surface area contributed by atoms with Crippen molar-refractivity contribution in [2.45, 2.75) is 39.8 Å². The van der Waals surface area contributed by atoms with Gasteiger partial charge in [-0.2, -0.15) is 0 Å². The van der Waals surface area contributed by atoms with Crippen molar-refractivity contribution in [2.24, 2.45) is 0 Å². The first kappa shape index (κ1) is 8.02. The van der Waals surface area contributed by atoms with Crippen molar-refractivity contribution in [3.63, 3.8) is 0 Å². The molecule has 0 N–H and O–H groups in total. The lowest BCUT2D eigenvalue weighted by Crippen LogP contribution is -2.40. The van der Waals surface area contributed by atoms with Crippen molar-refractivity contribution >= 4 is 7.98 Å². The molecule has 0 heterocycles. The zero-order valence-electron chi connectivity index (χ0n) is 6.60. The molecule has 0 aliphatic heterocycles. The summed E-state index contributed by atoms with van der Waals surface area (Å²) in [6.45, 7) is 8.83. The van der Waals surface area contributed by atoms with E-state index in [0.717, 1.165) is 0 Å². The summed E-state index contributed by atoms with van der Waals surface area (Å²) in [7, 11) is 2.15. The molecule has 0 bridgehead atoms. The van der Waals surface area contributed by atoms with Crippen molar-refractivity contribution in [3.05, 3.63) is 0 Å². The summed E-state index contributed by atoms with van der Waals surface area (Å²) in [5.74, 6) is 0. The smallest absolute Gasteiger partial charge is 0.254 e. The summed E-state index contributed by atoms with van der Waals surface area (Å²) >= 11 is 0. The van der Waals surface area contributed by atoms with E-state index in [2.05, 4.69) is 40.5 Å². The molecule has 0 aromatic rings. The Morgan fingerprint density at radius 3 is 1.25 bits per heavy atom. The molecule has 0 unspecified atom stereocenters. The first-order chi connectivity index (χ1) is 3.55. The van der Waals surface area contributed by atoms with Gasteiger partial charge in [0.15, 0.2) is 0 Å². The van der Waals surface area contributed by atoms with Gasteiger partial charge in [-0.25, -0.2) is 0 Å². The minimum atomic E-state index is 0.676. The first-order valence-electron chi connectivity index (χ1n) is 3.27.